The second-order valence-corrected chi connectivity index (χ2v) is 8.90. The van der Waals surface area contributed by atoms with E-state index in [0.717, 1.165) is 33.3 Å². The minimum absolute atomic E-state index is 0.144. The summed E-state index contributed by atoms with van der Waals surface area (Å²) >= 11 is 3.44. The average molecular weight is 551 g/mol. The molecular formula is C27H27BrN4O4. The smallest absolute Gasteiger partial charge is 0.329 e. The van der Waals surface area contributed by atoms with Crippen molar-refractivity contribution in [3.05, 3.63) is 87.4 Å². The Hall–Kier alpha value is -3.98. The van der Waals surface area contributed by atoms with E-state index in [9.17, 15) is 14.4 Å². The number of hydrazone groups is 1. The Kier molecular flexibility index (Phi) is 9.35. The molecule has 0 fully saturated rings. The normalized spacial score (nSPS) is 10.7. The summed E-state index contributed by atoms with van der Waals surface area (Å²) < 4.78 is 6.51. The zero-order chi connectivity index (χ0) is 26.1. The summed E-state index contributed by atoms with van der Waals surface area (Å²) in [5.41, 5.74) is 7.08. The van der Waals surface area contributed by atoms with Crippen LogP contribution < -0.4 is 20.8 Å². The van der Waals surface area contributed by atoms with Crippen LogP contribution in [0.4, 0.5) is 11.4 Å². The van der Waals surface area contributed by atoms with Gasteiger partial charge in [-0.15, -0.1) is 0 Å². The summed E-state index contributed by atoms with van der Waals surface area (Å²) in [7, 11) is 0. The predicted molar refractivity (Wildman–Crippen MR) is 144 cm³/mol. The minimum atomic E-state index is -0.876. The van der Waals surface area contributed by atoms with Gasteiger partial charge in [-0.05, 0) is 85.0 Å². The predicted octanol–water partition coefficient (Wildman–Crippen LogP) is 4.73. The summed E-state index contributed by atoms with van der Waals surface area (Å²) in [5, 5.41) is 9.29. The molecule has 0 spiro atoms. The zero-order valence-corrected chi connectivity index (χ0v) is 21.8. The molecule has 0 saturated carbocycles. The summed E-state index contributed by atoms with van der Waals surface area (Å²) in [6, 6.07) is 17.9. The Labute approximate surface area is 218 Å². The first-order valence-corrected chi connectivity index (χ1v) is 12.1. The summed E-state index contributed by atoms with van der Waals surface area (Å²) in [6.07, 6.45) is 2.13. The highest BCUT2D eigenvalue weighted by atomic mass is 79.9. The molecule has 3 aromatic carbocycles. The Balaban J connectivity index is 1.47. The van der Waals surface area contributed by atoms with Crippen molar-refractivity contribution in [3.63, 3.8) is 0 Å². The molecule has 0 aliphatic carbocycles. The Morgan fingerprint density at radius 2 is 1.61 bits per heavy atom. The lowest BCUT2D eigenvalue weighted by Gasteiger charge is -2.13. The molecule has 0 saturated heterocycles. The third-order valence-corrected chi connectivity index (χ3v) is 5.70. The second kappa shape index (κ2) is 12.6. The van der Waals surface area contributed by atoms with Crippen molar-refractivity contribution < 1.29 is 19.1 Å². The van der Waals surface area contributed by atoms with Gasteiger partial charge in [-0.3, -0.25) is 14.4 Å². The Morgan fingerprint density at radius 3 is 2.28 bits per heavy atom. The second-order valence-electron chi connectivity index (χ2n) is 7.98. The number of benzene rings is 3. The Morgan fingerprint density at radius 1 is 0.944 bits per heavy atom. The molecule has 36 heavy (non-hydrogen) atoms. The van der Waals surface area contributed by atoms with Gasteiger partial charge in [0, 0.05) is 15.8 Å². The highest BCUT2D eigenvalue weighted by molar-refractivity contribution is 9.10. The van der Waals surface area contributed by atoms with E-state index >= 15 is 0 Å². The van der Waals surface area contributed by atoms with Crippen LogP contribution in [0, 0.1) is 13.8 Å². The molecule has 9 heteroatoms. The van der Waals surface area contributed by atoms with E-state index in [4.69, 9.17) is 4.74 Å². The monoisotopic (exact) mass is 550 g/mol. The number of carbonyl (C=O) groups is 3. The third-order valence-electron chi connectivity index (χ3n) is 5.24. The van der Waals surface area contributed by atoms with Gasteiger partial charge in [-0.2, -0.15) is 5.10 Å². The van der Waals surface area contributed by atoms with E-state index in [1.807, 2.05) is 45.0 Å². The van der Waals surface area contributed by atoms with E-state index in [0.29, 0.717) is 17.0 Å². The lowest BCUT2D eigenvalue weighted by Crippen LogP contribution is -2.32. The van der Waals surface area contributed by atoms with E-state index in [1.54, 1.807) is 36.4 Å². The fourth-order valence-electron chi connectivity index (χ4n) is 3.43. The van der Waals surface area contributed by atoms with Crippen molar-refractivity contribution in [2.75, 3.05) is 17.2 Å². The SMILES string of the molecule is CCc1ccccc1NC(=O)C(=O)N/N=C\c1ccc(OCC(=O)Nc2c(C)cc(Br)cc2C)cc1. The van der Waals surface area contributed by atoms with Crippen LogP contribution in [0.25, 0.3) is 0 Å². The maximum Gasteiger partial charge on any atom is 0.329 e. The van der Waals surface area contributed by atoms with Gasteiger partial charge in [0.1, 0.15) is 5.75 Å². The number of nitrogens with zero attached hydrogens (tertiary/aromatic N) is 1. The van der Waals surface area contributed by atoms with Gasteiger partial charge in [-0.25, -0.2) is 5.43 Å². The number of nitrogens with one attached hydrogen (secondary N) is 3. The fourth-order valence-corrected chi connectivity index (χ4v) is 4.11. The third kappa shape index (κ3) is 7.51. The molecular weight excluding hydrogens is 524 g/mol. The molecule has 186 valence electrons. The maximum atomic E-state index is 12.3. The van der Waals surface area contributed by atoms with Crippen LogP contribution in [0.2, 0.25) is 0 Å². The largest absolute Gasteiger partial charge is 0.484 e. The molecule has 0 heterocycles. The van der Waals surface area contributed by atoms with Crippen LogP contribution >= 0.6 is 15.9 Å². The number of hydrogen-bond acceptors (Lipinski definition) is 5. The number of hydrogen-bond donors (Lipinski definition) is 3. The number of ether oxygens (including phenoxy) is 1. The molecule has 0 radical (unpaired) electrons. The molecule has 3 amide bonds. The van der Waals surface area contributed by atoms with E-state index < -0.39 is 11.8 Å². The molecule has 0 aliphatic rings. The minimum Gasteiger partial charge on any atom is -0.484 e. The molecule has 3 rings (SSSR count). The first-order chi connectivity index (χ1) is 17.3. The topological polar surface area (TPSA) is 109 Å². The number of rotatable bonds is 8. The van der Waals surface area contributed by atoms with Gasteiger partial charge < -0.3 is 15.4 Å². The molecule has 0 aromatic heterocycles. The number of amides is 3. The van der Waals surface area contributed by atoms with Gasteiger partial charge in [0.15, 0.2) is 6.61 Å². The lowest BCUT2D eigenvalue weighted by atomic mass is 10.1. The highest BCUT2D eigenvalue weighted by Crippen LogP contribution is 2.25. The molecule has 3 aromatic rings. The highest BCUT2D eigenvalue weighted by Gasteiger charge is 2.14. The molecule has 0 unspecified atom stereocenters. The van der Waals surface area contributed by atoms with Crippen molar-refractivity contribution in [1.29, 1.82) is 0 Å². The maximum absolute atomic E-state index is 12.3. The van der Waals surface area contributed by atoms with Gasteiger partial charge >= 0.3 is 11.8 Å². The molecule has 0 aliphatic heterocycles. The summed E-state index contributed by atoms with van der Waals surface area (Å²) in [5.74, 6) is -1.44. The average Bonchev–Trinajstić information content (AvgIpc) is 2.86. The van der Waals surface area contributed by atoms with Gasteiger partial charge in [0.05, 0.1) is 6.21 Å². The van der Waals surface area contributed by atoms with E-state index in [-0.39, 0.29) is 12.5 Å². The van der Waals surface area contributed by atoms with Crippen molar-refractivity contribution >= 4 is 51.2 Å². The number of aryl methyl sites for hydroxylation is 3. The van der Waals surface area contributed by atoms with Gasteiger partial charge in [0.2, 0.25) is 0 Å². The first-order valence-electron chi connectivity index (χ1n) is 11.3. The summed E-state index contributed by atoms with van der Waals surface area (Å²) in [4.78, 5) is 36.5. The van der Waals surface area contributed by atoms with Crippen molar-refractivity contribution in [3.8, 4) is 5.75 Å². The number of para-hydroxylation sites is 1. The van der Waals surface area contributed by atoms with E-state index in [1.165, 1.54) is 6.21 Å². The zero-order valence-electron chi connectivity index (χ0n) is 20.2. The van der Waals surface area contributed by atoms with Gasteiger partial charge in [0.25, 0.3) is 5.91 Å². The first kappa shape index (κ1) is 26.6. The number of anilines is 2. The lowest BCUT2D eigenvalue weighted by molar-refractivity contribution is -0.136. The van der Waals surface area contributed by atoms with Crippen LogP contribution in [0.1, 0.15) is 29.2 Å². The van der Waals surface area contributed by atoms with Crippen LogP contribution in [0.5, 0.6) is 5.75 Å². The Bertz CT molecular complexity index is 1270. The summed E-state index contributed by atoms with van der Waals surface area (Å²) in [6.45, 7) is 5.67. The van der Waals surface area contributed by atoms with Crippen LogP contribution in [0.3, 0.4) is 0 Å². The van der Waals surface area contributed by atoms with Gasteiger partial charge in [-0.1, -0.05) is 41.1 Å². The van der Waals surface area contributed by atoms with Crippen molar-refractivity contribution in [2.24, 2.45) is 5.10 Å². The molecule has 0 bridgehead atoms. The quantitative estimate of drug-likeness (QED) is 0.214. The standard InChI is InChI=1S/C27H27BrN4O4/c1-4-20-7-5-6-8-23(20)30-26(34)27(35)32-29-15-19-9-11-22(12-10-19)36-16-24(33)31-25-17(2)13-21(28)14-18(25)3/h5-15H,4,16H2,1-3H3,(H,30,34)(H,31,33)(H,32,35)/b29-15-. The molecule has 0 atom stereocenters. The van der Waals surface area contributed by atoms with Crippen molar-refractivity contribution in [2.45, 2.75) is 27.2 Å². The molecule has 8 nitrogen and oxygen atoms in total. The van der Waals surface area contributed by atoms with E-state index in [2.05, 4.69) is 37.1 Å². The number of carbonyl (C=O) groups excluding carboxylic acids is 3. The van der Waals surface area contributed by atoms with Crippen LogP contribution in [0.15, 0.2) is 70.2 Å². The molecule has 3 N–H and O–H groups in total. The van der Waals surface area contributed by atoms with Crippen molar-refractivity contribution in [1.82, 2.24) is 5.43 Å². The van der Waals surface area contributed by atoms with Crippen LogP contribution in [-0.2, 0) is 20.8 Å². The fraction of sp³-hybridized carbons (Fsp3) is 0.185. The number of halogens is 1. The van der Waals surface area contributed by atoms with Crippen LogP contribution in [-0.4, -0.2) is 30.5 Å².